The number of nitrogens with zero attached hydrogens (tertiary/aromatic N) is 7. The van der Waals surface area contributed by atoms with E-state index in [1.807, 2.05) is 14.0 Å². The molecule has 0 spiro atoms. The van der Waals surface area contributed by atoms with E-state index in [2.05, 4.69) is 24.9 Å². The number of methoxy groups -OCH3 is 1. The maximum atomic E-state index is 12.7. The molecule has 3 heterocycles. The van der Waals surface area contributed by atoms with Gasteiger partial charge in [-0.1, -0.05) is 5.11 Å². The molecule has 3 atom stereocenters. The first kappa shape index (κ1) is 20.8. The second-order valence-corrected chi connectivity index (χ2v) is 7.31. The van der Waals surface area contributed by atoms with E-state index in [-0.39, 0.29) is 24.9 Å². The summed E-state index contributed by atoms with van der Waals surface area (Å²) in [6.45, 7) is 2.86. The third-order valence-electron chi connectivity index (χ3n) is 5.33. The van der Waals surface area contributed by atoms with Crippen molar-refractivity contribution in [3.05, 3.63) is 32.7 Å². The van der Waals surface area contributed by atoms with Gasteiger partial charge in [0.1, 0.15) is 12.1 Å². The number of ether oxygens (including phenoxy) is 2. The second-order valence-electron chi connectivity index (χ2n) is 7.31. The highest BCUT2D eigenvalue weighted by Gasteiger charge is 2.37. The summed E-state index contributed by atoms with van der Waals surface area (Å²) < 4.78 is 12.1. The Bertz CT molecular complexity index is 906. The van der Waals surface area contributed by atoms with Crippen LogP contribution in [0.5, 0.6) is 0 Å². The van der Waals surface area contributed by atoms with Gasteiger partial charge in [-0.3, -0.25) is 9.36 Å². The van der Waals surface area contributed by atoms with Gasteiger partial charge >= 0.3 is 11.7 Å². The van der Waals surface area contributed by atoms with Crippen molar-refractivity contribution in [1.82, 2.24) is 14.5 Å². The zero-order valence-electron chi connectivity index (χ0n) is 16.8. The maximum absolute atomic E-state index is 12.7. The Hall–Kier alpha value is -2.91. The van der Waals surface area contributed by atoms with Crippen LogP contribution in [0.4, 0.5) is 5.82 Å². The molecule has 0 N–H and O–H groups in total. The van der Waals surface area contributed by atoms with E-state index in [0.717, 1.165) is 30.8 Å². The second kappa shape index (κ2) is 9.06. The van der Waals surface area contributed by atoms with E-state index in [1.165, 1.54) is 11.7 Å². The van der Waals surface area contributed by atoms with E-state index in [1.54, 1.807) is 6.20 Å². The summed E-state index contributed by atoms with van der Waals surface area (Å²) in [6, 6.07) is 0. The van der Waals surface area contributed by atoms with E-state index < -0.39 is 18.0 Å². The fourth-order valence-corrected chi connectivity index (χ4v) is 3.71. The normalized spacial score (nSPS) is 25.3. The highest BCUT2D eigenvalue weighted by atomic mass is 16.5. The van der Waals surface area contributed by atoms with Gasteiger partial charge in [0.2, 0.25) is 0 Å². The lowest BCUT2D eigenvalue weighted by Crippen LogP contribution is -2.28. The Labute approximate surface area is 168 Å². The number of rotatable bonds is 6. The van der Waals surface area contributed by atoms with E-state index >= 15 is 0 Å². The van der Waals surface area contributed by atoms with Crippen molar-refractivity contribution >= 4 is 17.6 Å². The minimum Gasteiger partial charge on any atom is -0.469 e. The lowest BCUT2D eigenvalue weighted by Gasteiger charge is -2.16. The molecule has 0 bridgehead atoms. The molecule has 1 aromatic rings. The van der Waals surface area contributed by atoms with Gasteiger partial charge in [0.05, 0.1) is 26.2 Å². The number of hydrogen-bond donors (Lipinski definition) is 0. The lowest BCUT2D eigenvalue weighted by molar-refractivity contribution is -0.142. The van der Waals surface area contributed by atoms with Gasteiger partial charge in [0, 0.05) is 42.6 Å². The molecule has 2 saturated heterocycles. The molecule has 0 aromatic carbocycles. The quantitative estimate of drug-likeness (QED) is 0.309. The van der Waals surface area contributed by atoms with Crippen LogP contribution in [0, 0.1) is 12.8 Å². The first-order valence-corrected chi connectivity index (χ1v) is 9.54. The largest absolute Gasteiger partial charge is 0.469 e. The van der Waals surface area contributed by atoms with E-state index in [4.69, 9.17) is 15.0 Å². The van der Waals surface area contributed by atoms with Crippen molar-refractivity contribution in [1.29, 1.82) is 0 Å². The van der Waals surface area contributed by atoms with Crippen LogP contribution in [0.25, 0.3) is 10.4 Å². The van der Waals surface area contributed by atoms with Gasteiger partial charge in [-0.05, 0) is 25.3 Å². The van der Waals surface area contributed by atoms with Crippen LogP contribution in [0.3, 0.4) is 0 Å². The van der Waals surface area contributed by atoms with Crippen LogP contribution in [-0.2, 0) is 14.3 Å². The third-order valence-corrected chi connectivity index (χ3v) is 5.33. The van der Waals surface area contributed by atoms with Crippen LogP contribution < -0.4 is 5.69 Å². The Morgan fingerprint density at radius 2 is 2.31 bits per heavy atom. The summed E-state index contributed by atoms with van der Waals surface area (Å²) in [6.07, 6.45) is 3.04. The highest BCUT2D eigenvalue weighted by Crippen LogP contribution is 2.35. The lowest BCUT2D eigenvalue weighted by atomic mass is 9.97. The smallest absolute Gasteiger partial charge is 0.351 e. The van der Waals surface area contributed by atoms with Crippen molar-refractivity contribution in [2.24, 2.45) is 16.0 Å². The number of aryl methyl sites for hydroxylation is 1. The third kappa shape index (κ3) is 4.75. The fourth-order valence-electron chi connectivity index (χ4n) is 3.71. The minimum absolute atomic E-state index is 0.0773. The van der Waals surface area contributed by atoms with E-state index in [0.29, 0.717) is 12.2 Å². The van der Waals surface area contributed by atoms with Gasteiger partial charge in [-0.15, -0.1) is 0 Å². The molecule has 11 heteroatoms. The average molecular weight is 403 g/mol. The topological polar surface area (TPSA) is 135 Å². The molecular formula is C18H25N7O4. The summed E-state index contributed by atoms with van der Waals surface area (Å²) in [5.74, 6) is 0.725. The standard InChI is InChI=1S/C18H25N7O4/c1-11-10-25(18(27)22-17(11)21-14-5-4-6-24(14)2)15-7-12(8-16(26)28-3)13(29-15)9-20-23-19/h10,12-13,15H,4-9H2,1-3H3/t12-,13-,15-/m1/s1. The molecule has 2 aliphatic rings. The summed E-state index contributed by atoms with van der Waals surface area (Å²) in [7, 11) is 3.29. The summed E-state index contributed by atoms with van der Waals surface area (Å²) >= 11 is 0. The first-order chi connectivity index (χ1) is 13.9. The van der Waals surface area contributed by atoms with Gasteiger partial charge in [0.25, 0.3) is 0 Å². The van der Waals surface area contributed by atoms with Crippen LogP contribution in [0.1, 0.15) is 37.5 Å². The number of hydrogen-bond acceptors (Lipinski definition) is 7. The Balaban J connectivity index is 1.84. The van der Waals surface area contributed by atoms with Gasteiger partial charge < -0.3 is 14.4 Å². The van der Waals surface area contributed by atoms with Gasteiger partial charge in [0.15, 0.2) is 5.82 Å². The molecule has 0 aliphatic carbocycles. The number of carbonyl (C=O) groups is 1. The SMILES string of the molecule is COC(=O)C[C@H]1C[C@H](n2cc(C)c(N=C3CCCN3C)nc2=O)O[C@@H]1CN=[N+]=[N-]. The molecule has 0 radical (unpaired) electrons. The van der Waals surface area contributed by atoms with Crippen molar-refractivity contribution in [2.45, 2.75) is 44.9 Å². The molecule has 0 unspecified atom stereocenters. The molecule has 3 rings (SSSR count). The molecule has 156 valence electrons. The number of aliphatic imine (C=N–C) groups is 1. The highest BCUT2D eigenvalue weighted by molar-refractivity contribution is 5.86. The summed E-state index contributed by atoms with van der Waals surface area (Å²) in [4.78, 5) is 37.9. The number of aromatic nitrogens is 2. The summed E-state index contributed by atoms with van der Waals surface area (Å²) in [5, 5.41) is 3.56. The maximum Gasteiger partial charge on any atom is 0.351 e. The molecular weight excluding hydrogens is 378 g/mol. The number of likely N-dealkylation sites (tertiary alicyclic amines) is 1. The molecule has 0 amide bonds. The Kier molecular flexibility index (Phi) is 6.50. The van der Waals surface area contributed by atoms with Gasteiger partial charge in [-0.25, -0.2) is 9.79 Å². The molecule has 29 heavy (non-hydrogen) atoms. The van der Waals surface area contributed by atoms with E-state index in [9.17, 15) is 9.59 Å². The summed E-state index contributed by atoms with van der Waals surface area (Å²) in [5.41, 5.74) is 8.88. The van der Waals surface area contributed by atoms with Crippen LogP contribution in [0.2, 0.25) is 0 Å². The van der Waals surface area contributed by atoms with Crippen molar-refractivity contribution in [2.75, 3.05) is 27.2 Å². The van der Waals surface area contributed by atoms with Crippen molar-refractivity contribution < 1.29 is 14.3 Å². The molecule has 0 saturated carbocycles. The minimum atomic E-state index is -0.599. The Morgan fingerprint density at radius 3 is 2.97 bits per heavy atom. The number of azide groups is 1. The van der Waals surface area contributed by atoms with Crippen LogP contribution in [0.15, 0.2) is 21.1 Å². The molecule has 11 nitrogen and oxygen atoms in total. The monoisotopic (exact) mass is 403 g/mol. The number of carbonyl (C=O) groups excluding carboxylic acids is 1. The Morgan fingerprint density at radius 1 is 1.52 bits per heavy atom. The zero-order valence-corrected chi connectivity index (χ0v) is 16.8. The van der Waals surface area contributed by atoms with Crippen LogP contribution >= 0.6 is 0 Å². The van der Waals surface area contributed by atoms with Crippen LogP contribution in [-0.4, -0.2) is 59.6 Å². The predicted molar refractivity (Wildman–Crippen MR) is 105 cm³/mol. The average Bonchev–Trinajstić information content (AvgIpc) is 3.28. The fraction of sp³-hybridized carbons (Fsp3) is 0.667. The zero-order chi connectivity index (χ0) is 21.0. The molecule has 2 aliphatic heterocycles. The van der Waals surface area contributed by atoms with Crippen molar-refractivity contribution in [3.8, 4) is 0 Å². The first-order valence-electron chi connectivity index (χ1n) is 9.54. The number of esters is 1. The predicted octanol–water partition coefficient (Wildman–Crippen LogP) is 2.08. The number of amidine groups is 1. The van der Waals surface area contributed by atoms with Crippen molar-refractivity contribution in [3.63, 3.8) is 0 Å². The van der Waals surface area contributed by atoms with Gasteiger partial charge in [-0.2, -0.15) is 4.98 Å². The molecule has 2 fully saturated rings. The molecule has 1 aromatic heterocycles.